The van der Waals surface area contributed by atoms with Crippen molar-refractivity contribution in [3.05, 3.63) is 42.5 Å². The molecule has 1 saturated heterocycles. The van der Waals surface area contributed by atoms with Crippen LogP contribution in [-0.4, -0.2) is 22.6 Å². The minimum Gasteiger partial charge on any atom is -0.328 e. The fourth-order valence-electron chi connectivity index (χ4n) is 2.54. The molecule has 1 aromatic heterocycles. The Morgan fingerprint density at radius 3 is 2.78 bits per heavy atom. The first-order valence-corrected chi connectivity index (χ1v) is 6.35. The molecular formula is C14H16FN3. The van der Waals surface area contributed by atoms with E-state index < -0.39 is 0 Å². The van der Waals surface area contributed by atoms with Crippen LogP contribution in [0.4, 0.5) is 4.39 Å². The molecule has 0 spiro atoms. The fourth-order valence-corrected chi connectivity index (χ4v) is 2.54. The van der Waals surface area contributed by atoms with Crippen molar-refractivity contribution in [2.75, 3.05) is 13.1 Å². The molecule has 0 atom stereocenters. The number of nitrogens with zero attached hydrogens (tertiary/aromatic N) is 2. The molecule has 1 aliphatic heterocycles. The first-order valence-electron chi connectivity index (χ1n) is 6.35. The SMILES string of the molecule is Fc1ccccc1-c1nccn1C1CCNCC1. The van der Waals surface area contributed by atoms with Crippen LogP contribution in [0, 0.1) is 5.82 Å². The van der Waals surface area contributed by atoms with Crippen LogP contribution in [0.3, 0.4) is 0 Å². The van der Waals surface area contributed by atoms with Crippen LogP contribution in [0.5, 0.6) is 0 Å². The van der Waals surface area contributed by atoms with Gasteiger partial charge in [0.1, 0.15) is 11.6 Å². The highest BCUT2D eigenvalue weighted by Crippen LogP contribution is 2.27. The van der Waals surface area contributed by atoms with Crippen molar-refractivity contribution in [3.63, 3.8) is 0 Å². The number of rotatable bonds is 2. The Hall–Kier alpha value is -1.68. The van der Waals surface area contributed by atoms with E-state index in [9.17, 15) is 4.39 Å². The lowest BCUT2D eigenvalue weighted by Crippen LogP contribution is -2.29. The van der Waals surface area contributed by atoms with E-state index in [-0.39, 0.29) is 5.82 Å². The Labute approximate surface area is 106 Å². The summed E-state index contributed by atoms with van der Waals surface area (Å²) in [7, 11) is 0. The van der Waals surface area contributed by atoms with Crippen LogP contribution in [-0.2, 0) is 0 Å². The number of halogens is 1. The Balaban J connectivity index is 1.98. The van der Waals surface area contributed by atoms with E-state index in [1.807, 2.05) is 12.3 Å². The standard InChI is InChI=1S/C14H16FN3/c15-13-4-2-1-3-12(13)14-17-9-10-18(14)11-5-7-16-8-6-11/h1-4,9-11,16H,5-8H2. The molecule has 3 rings (SSSR count). The molecule has 3 nitrogen and oxygen atoms in total. The molecule has 1 aliphatic rings. The number of imidazole rings is 1. The quantitative estimate of drug-likeness (QED) is 0.881. The zero-order chi connectivity index (χ0) is 12.4. The first-order chi connectivity index (χ1) is 8.86. The molecule has 0 amide bonds. The normalized spacial score (nSPS) is 16.9. The second-order valence-electron chi connectivity index (χ2n) is 4.62. The molecule has 2 aromatic rings. The summed E-state index contributed by atoms with van der Waals surface area (Å²) in [5, 5.41) is 3.34. The minimum atomic E-state index is -0.209. The van der Waals surface area contributed by atoms with Gasteiger partial charge in [-0.25, -0.2) is 9.37 Å². The number of piperidine rings is 1. The van der Waals surface area contributed by atoms with Crippen LogP contribution in [0.2, 0.25) is 0 Å². The molecule has 18 heavy (non-hydrogen) atoms. The maximum absolute atomic E-state index is 13.8. The van der Waals surface area contributed by atoms with E-state index in [0.717, 1.165) is 31.8 Å². The largest absolute Gasteiger partial charge is 0.328 e. The van der Waals surface area contributed by atoms with Gasteiger partial charge in [-0.05, 0) is 38.1 Å². The summed E-state index contributed by atoms with van der Waals surface area (Å²) in [6, 6.07) is 7.24. The zero-order valence-electron chi connectivity index (χ0n) is 10.1. The van der Waals surface area contributed by atoms with Gasteiger partial charge in [0.25, 0.3) is 0 Å². The average molecular weight is 245 g/mol. The van der Waals surface area contributed by atoms with E-state index in [0.29, 0.717) is 11.6 Å². The lowest BCUT2D eigenvalue weighted by atomic mass is 10.1. The van der Waals surface area contributed by atoms with Gasteiger partial charge in [-0.1, -0.05) is 12.1 Å². The minimum absolute atomic E-state index is 0.209. The highest BCUT2D eigenvalue weighted by Gasteiger charge is 2.19. The lowest BCUT2D eigenvalue weighted by molar-refractivity contribution is 0.370. The van der Waals surface area contributed by atoms with Crippen LogP contribution < -0.4 is 5.32 Å². The third-order valence-corrected chi connectivity index (χ3v) is 3.49. The Bertz CT molecular complexity index is 529. The molecule has 1 N–H and O–H groups in total. The van der Waals surface area contributed by atoms with Gasteiger partial charge in [0, 0.05) is 18.4 Å². The lowest BCUT2D eigenvalue weighted by Gasteiger charge is -2.25. The summed E-state index contributed by atoms with van der Waals surface area (Å²) in [5.41, 5.74) is 0.584. The van der Waals surface area contributed by atoms with E-state index in [2.05, 4.69) is 14.9 Å². The molecule has 0 radical (unpaired) electrons. The molecule has 0 bridgehead atoms. The van der Waals surface area contributed by atoms with Crippen molar-refractivity contribution in [1.29, 1.82) is 0 Å². The monoisotopic (exact) mass is 245 g/mol. The smallest absolute Gasteiger partial charge is 0.143 e. The molecule has 0 aliphatic carbocycles. The summed E-state index contributed by atoms with van der Waals surface area (Å²) in [6.45, 7) is 2.03. The predicted octanol–water partition coefficient (Wildman–Crippen LogP) is 2.61. The third kappa shape index (κ3) is 2.04. The maximum Gasteiger partial charge on any atom is 0.143 e. The number of aromatic nitrogens is 2. The van der Waals surface area contributed by atoms with Crippen LogP contribution in [0.15, 0.2) is 36.7 Å². The highest BCUT2D eigenvalue weighted by atomic mass is 19.1. The van der Waals surface area contributed by atoms with Crippen molar-refractivity contribution < 1.29 is 4.39 Å². The summed E-state index contributed by atoms with van der Waals surface area (Å²) >= 11 is 0. The van der Waals surface area contributed by atoms with Gasteiger partial charge in [0.05, 0.1) is 5.56 Å². The number of hydrogen-bond acceptors (Lipinski definition) is 2. The zero-order valence-corrected chi connectivity index (χ0v) is 10.1. The third-order valence-electron chi connectivity index (χ3n) is 3.49. The molecular weight excluding hydrogens is 229 g/mol. The number of nitrogens with one attached hydrogen (secondary N) is 1. The highest BCUT2D eigenvalue weighted by molar-refractivity contribution is 5.56. The fraction of sp³-hybridized carbons (Fsp3) is 0.357. The topological polar surface area (TPSA) is 29.9 Å². The number of benzene rings is 1. The second kappa shape index (κ2) is 4.90. The van der Waals surface area contributed by atoms with Gasteiger partial charge in [-0.15, -0.1) is 0 Å². The van der Waals surface area contributed by atoms with Crippen molar-refractivity contribution >= 4 is 0 Å². The van der Waals surface area contributed by atoms with Crippen LogP contribution in [0.25, 0.3) is 11.4 Å². The van der Waals surface area contributed by atoms with E-state index in [1.54, 1.807) is 18.3 Å². The number of hydrogen-bond donors (Lipinski definition) is 1. The van der Waals surface area contributed by atoms with Crippen LogP contribution in [0.1, 0.15) is 18.9 Å². The molecule has 0 saturated carbocycles. The van der Waals surface area contributed by atoms with Crippen molar-refractivity contribution in [1.82, 2.24) is 14.9 Å². The maximum atomic E-state index is 13.8. The van der Waals surface area contributed by atoms with Gasteiger partial charge in [-0.3, -0.25) is 0 Å². The molecule has 4 heteroatoms. The predicted molar refractivity (Wildman–Crippen MR) is 68.8 cm³/mol. The van der Waals surface area contributed by atoms with E-state index in [1.165, 1.54) is 6.07 Å². The molecule has 2 heterocycles. The van der Waals surface area contributed by atoms with Gasteiger partial charge in [0.2, 0.25) is 0 Å². The molecule has 1 aromatic carbocycles. The van der Waals surface area contributed by atoms with Crippen molar-refractivity contribution in [3.8, 4) is 11.4 Å². The van der Waals surface area contributed by atoms with Gasteiger partial charge in [-0.2, -0.15) is 0 Å². The Kier molecular flexibility index (Phi) is 3.11. The summed E-state index contributed by atoms with van der Waals surface area (Å²) in [4.78, 5) is 4.33. The Morgan fingerprint density at radius 1 is 1.22 bits per heavy atom. The van der Waals surface area contributed by atoms with Gasteiger partial charge < -0.3 is 9.88 Å². The van der Waals surface area contributed by atoms with Gasteiger partial charge in [0.15, 0.2) is 0 Å². The molecule has 94 valence electrons. The van der Waals surface area contributed by atoms with Crippen molar-refractivity contribution in [2.24, 2.45) is 0 Å². The van der Waals surface area contributed by atoms with E-state index >= 15 is 0 Å². The second-order valence-corrected chi connectivity index (χ2v) is 4.62. The van der Waals surface area contributed by atoms with Crippen molar-refractivity contribution in [2.45, 2.75) is 18.9 Å². The first kappa shape index (κ1) is 11.4. The average Bonchev–Trinajstić information content (AvgIpc) is 2.89. The van der Waals surface area contributed by atoms with Crippen LogP contribution >= 0.6 is 0 Å². The molecule has 0 unspecified atom stereocenters. The Morgan fingerprint density at radius 2 is 2.00 bits per heavy atom. The molecule has 1 fully saturated rings. The van der Waals surface area contributed by atoms with E-state index in [4.69, 9.17) is 0 Å². The summed E-state index contributed by atoms with van der Waals surface area (Å²) in [5.74, 6) is 0.527. The summed E-state index contributed by atoms with van der Waals surface area (Å²) < 4.78 is 15.9. The summed E-state index contributed by atoms with van der Waals surface area (Å²) in [6.07, 6.45) is 5.84. The van der Waals surface area contributed by atoms with Gasteiger partial charge >= 0.3 is 0 Å².